The molecule has 2 bridgehead atoms. The minimum Gasteiger partial charge on any atom is -0.444 e. The van der Waals surface area contributed by atoms with E-state index in [0.29, 0.717) is 35.7 Å². The van der Waals surface area contributed by atoms with Crippen LogP contribution in [0.1, 0.15) is 85.5 Å². The highest BCUT2D eigenvalue weighted by Crippen LogP contribution is 2.55. The van der Waals surface area contributed by atoms with Crippen molar-refractivity contribution < 1.29 is 14.3 Å². The molecule has 4 fully saturated rings. The zero-order valence-corrected chi connectivity index (χ0v) is 17.6. The van der Waals surface area contributed by atoms with Crippen LogP contribution in [-0.2, 0) is 9.47 Å². The average Bonchev–Trinajstić information content (AvgIpc) is 3.18. The second-order valence-corrected chi connectivity index (χ2v) is 10.3. The lowest BCUT2D eigenvalue weighted by atomic mass is 9.60. The highest BCUT2D eigenvalue weighted by molar-refractivity contribution is 5.69. The quantitative estimate of drug-likeness (QED) is 0.795. The molecule has 2 aliphatic heterocycles. The Morgan fingerprint density at radius 1 is 1.11 bits per heavy atom. The molecule has 1 N–H and O–H groups in total. The van der Waals surface area contributed by atoms with Crippen molar-refractivity contribution in [3.8, 4) is 0 Å². The number of hydrogen-bond donors (Lipinski definition) is 1. The average molecular weight is 379 g/mol. The summed E-state index contributed by atoms with van der Waals surface area (Å²) >= 11 is 0. The molecule has 5 heteroatoms. The van der Waals surface area contributed by atoms with Crippen molar-refractivity contribution in [1.82, 2.24) is 10.2 Å². The van der Waals surface area contributed by atoms with Gasteiger partial charge in [0, 0.05) is 36.2 Å². The Kier molecular flexibility index (Phi) is 5.21. The van der Waals surface area contributed by atoms with Gasteiger partial charge in [0.2, 0.25) is 0 Å². The molecule has 5 nitrogen and oxygen atoms in total. The molecule has 4 rings (SSSR count). The van der Waals surface area contributed by atoms with Gasteiger partial charge in [-0.2, -0.15) is 0 Å². The molecule has 2 heterocycles. The third kappa shape index (κ3) is 3.62. The van der Waals surface area contributed by atoms with Crippen molar-refractivity contribution in [2.45, 2.75) is 121 Å². The number of rotatable bonds is 4. The smallest absolute Gasteiger partial charge is 0.410 e. The summed E-state index contributed by atoms with van der Waals surface area (Å²) in [6.07, 6.45) is 11.2. The van der Waals surface area contributed by atoms with Crippen molar-refractivity contribution >= 4 is 6.09 Å². The fourth-order valence-electron chi connectivity index (χ4n) is 6.33. The van der Waals surface area contributed by atoms with E-state index in [-0.39, 0.29) is 6.09 Å². The Morgan fingerprint density at radius 3 is 2.30 bits per heavy atom. The number of nitrogens with zero attached hydrogens (tertiary/aromatic N) is 1. The van der Waals surface area contributed by atoms with Crippen molar-refractivity contribution in [1.29, 1.82) is 0 Å². The maximum atomic E-state index is 12.7. The Morgan fingerprint density at radius 2 is 1.74 bits per heavy atom. The molecule has 2 saturated carbocycles. The van der Waals surface area contributed by atoms with E-state index in [0.717, 1.165) is 38.7 Å². The predicted octanol–water partition coefficient (Wildman–Crippen LogP) is 4.24. The molecule has 0 aromatic heterocycles. The number of hydrogen-bond acceptors (Lipinski definition) is 4. The van der Waals surface area contributed by atoms with E-state index in [1.54, 1.807) is 0 Å². The monoisotopic (exact) mass is 378 g/mol. The van der Waals surface area contributed by atoms with E-state index >= 15 is 0 Å². The Balaban J connectivity index is 1.36. The van der Waals surface area contributed by atoms with Crippen LogP contribution >= 0.6 is 0 Å². The molecule has 0 aromatic carbocycles. The van der Waals surface area contributed by atoms with Crippen molar-refractivity contribution in [2.75, 3.05) is 6.61 Å². The molecule has 4 aliphatic rings. The van der Waals surface area contributed by atoms with Gasteiger partial charge in [-0.25, -0.2) is 4.79 Å². The van der Waals surface area contributed by atoms with Gasteiger partial charge in [0.15, 0.2) is 0 Å². The molecule has 1 spiro atoms. The molecule has 0 aromatic rings. The summed E-state index contributed by atoms with van der Waals surface area (Å²) < 4.78 is 11.7. The number of piperidine rings is 1. The van der Waals surface area contributed by atoms with Crippen LogP contribution in [0.4, 0.5) is 4.79 Å². The van der Waals surface area contributed by atoms with Crippen LogP contribution < -0.4 is 5.32 Å². The normalized spacial score (nSPS) is 37.5. The molecule has 1 amide bonds. The van der Waals surface area contributed by atoms with Crippen LogP contribution in [0.25, 0.3) is 0 Å². The van der Waals surface area contributed by atoms with Crippen LogP contribution in [0.3, 0.4) is 0 Å². The molecule has 0 radical (unpaired) electrons. The van der Waals surface area contributed by atoms with Gasteiger partial charge in [0.05, 0.1) is 6.10 Å². The maximum Gasteiger partial charge on any atom is 0.410 e. The minimum atomic E-state index is -0.416. The summed E-state index contributed by atoms with van der Waals surface area (Å²) in [4.78, 5) is 14.7. The van der Waals surface area contributed by atoms with Crippen LogP contribution in [-0.4, -0.2) is 53.5 Å². The molecule has 27 heavy (non-hydrogen) atoms. The minimum absolute atomic E-state index is 0.110. The Labute approximate surface area is 164 Å². The topological polar surface area (TPSA) is 50.8 Å². The van der Waals surface area contributed by atoms with E-state index in [1.807, 2.05) is 20.8 Å². The van der Waals surface area contributed by atoms with E-state index in [2.05, 4.69) is 17.1 Å². The van der Waals surface area contributed by atoms with Gasteiger partial charge in [-0.1, -0.05) is 12.8 Å². The molecule has 2 saturated heterocycles. The fraction of sp³-hybridized carbons (Fsp3) is 0.955. The Bertz CT molecular complexity index is 538. The number of carbonyl (C=O) groups is 1. The number of nitrogens with one attached hydrogen (secondary N) is 1. The lowest BCUT2D eigenvalue weighted by Crippen LogP contribution is -2.65. The molecular weight excluding hydrogens is 340 g/mol. The summed E-state index contributed by atoms with van der Waals surface area (Å²) in [5.74, 6) is 0. The van der Waals surface area contributed by atoms with Gasteiger partial charge in [0.1, 0.15) is 5.60 Å². The third-order valence-corrected chi connectivity index (χ3v) is 7.46. The van der Waals surface area contributed by atoms with Gasteiger partial charge in [-0.3, -0.25) is 0 Å². The molecule has 5 atom stereocenters. The Hall–Kier alpha value is -0.810. The lowest BCUT2D eigenvalue weighted by Gasteiger charge is -2.56. The van der Waals surface area contributed by atoms with Gasteiger partial charge < -0.3 is 19.7 Å². The number of carbonyl (C=O) groups excluding carboxylic acids is 1. The highest BCUT2D eigenvalue weighted by atomic mass is 16.6. The fourth-order valence-corrected chi connectivity index (χ4v) is 6.33. The highest BCUT2D eigenvalue weighted by Gasteiger charge is 2.57. The van der Waals surface area contributed by atoms with Gasteiger partial charge in [0.25, 0.3) is 0 Å². The van der Waals surface area contributed by atoms with Crippen LogP contribution in [0.5, 0.6) is 0 Å². The zero-order valence-electron chi connectivity index (χ0n) is 17.6. The van der Waals surface area contributed by atoms with Gasteiger partial charge in [-0.15, -0.1) is 0 Å². The largest absolute Gasteiger partial charge is 0.444 e. The first-order chi connectivity index (χ1) is 12.8. The number of fused-ring (bicyclic) bond motifs is 2. The van der Waals surface area contributed by atoms with Crippen LogP contribution in [0.15, 0.2) is 0 Å². The van der Waals surface area contributed by atoms with Gasteiger partial charge >= 0.3 is 6.09 Å². The molecule has 2 aliphatic carbocycles. The first-order valence-corrected chi connectivity index (χ1v) is 11.2. The second kappa shape index (κ2) is 7.22. The second-order valence-electron chi connectivity index (χ2n) is 10.3. The first kappa shape index (κ1) is 19.5. The summed E-state index contributed by atoms with van der Waals surface area (Å²) in [6, 6.07) is 1.83. The zero-order chi connectivity index (χ0) is 19.2. The molecular formula is C22H38N2O3. The third-order valence-electron chi connectivity index (χ3n) is 7.46. The van der Waals surface area contributed by atoms with E-state index in [1.165, 1.54) is 25.7 Å². The standard InChI is InChI=1S/C22H38N2O3/c1-5-26-19-14-18(22(19)10-6-7-11-22)23-15-12-16-8-9-17(13-15)24(16)20(25)27-21(2,3)4/h15-19,23H,5-14H2,1-4H3/t15?,16-,17+,18-,19+/m1/s1. The van der Waals surface area contributed by atoms with E-state index in [4.69, 9.17) is 9.47 Å². The van der Waals surface area contributed by atoms with E-state index < -0.39 is 5.60 Å². The van der Waals surface area contributed by atoms with E-state index in [9.17, 15) is 4.79 Å². The van der Waals surface area contributed by atoms with Crippen molar-refractivity contribution in [2.24, 2.45) is 5.41 Å². The maximum absolute atomic E-state index is 12.7. The summed E-state index contributed by atoms with van der Waals surface area (Å²) in [6.45, 7) is 8.81. The summed E-state index contributed by atoms with van der Waals surface area (Å²) in [7, 11) is 0. The SMILES string of the molecule is CCO[C@H]1C[C@@H](NC2C[C@H]3CC[C@@H](C2)N3C(=O)OC(C)(C)C)C12CCCC2. The first-order valence-electron chi connectivity index (χ1n) is 11.2. The summed E-state index contributed by atoms with van der Waals surface area (Å²) in [5, 5.41) is 4.03. The van der Waals surface area contributed by atoms with Gasteiger partial charge in [-0.05, 0) is 72.6 Å². The molecule has 154 valence electrons. The van der Waals surface area contributed by atoms with Crippen LogP contribution in [0, 0.1) is 5.41 Å². The summed E-state index contributed by atoms with van der Waals surface area (Å²) in [5.41, 5.74) is -0.0297. The van der Waals surface area contributed by atoms with Crippen LogP contribution in [0.2, 0.25) is 0 Å². The lowest BCUT2D eigenvalue weighted by molar-refractivity contribution is -0.134. The van der Waals surface area contributed by atoms with Crippen molar-refractivity contribution in [3.05, 3.63) is 0 Å². The predicted molar refractivity (Wildman–Crippen MR) is 106 cm³/mol. The van der Waals surface area contributed by atoms with Crippen molar-refractivity contribution in [3.63, 3.8) is 0 Å². The number of amides is 1. The molecule has 1 unspecified atom stereocenters. The number of ether oxygens (including phenoxy) is 2.